The molecular formula is C21H16ClN5O2. The number of rotatable bonds is 6. The number of carbonyl (C=O) groups excluding carboxylic acids is 1. The Hall–Kier alpha value is -3.71. The average molecular weight is 406 g/mol. The molecule has 4 aromatic rings. The highest BCUT2D eigenvalue weighted by Crippen LogP contribution is 2.18. The van der Waals surface area contributed by atoms with Gasteiger partial charge in [0.15, 0.2) is 5.82 Å². The summed E-state index contributed by atoms with van der Waals surface area (Å²) in [5.74, 6) is 0.868. The van der Waals surface area contributed by atoms with Crippen molar-refractivity contribution < 1.29 is 9.53 Å². The number of aromatic amines is 1. The topological polar surface area (TPSA) is 92.8 Å². The molecule has 144 valence electrons. The highest BCUT2D eigenvalue weighted by molar-refractivity contribution is 6.30. The quantitative estimate of drug-likeness (QED) is 0.497. The average Bonchev–Trinajstić information content (AvgIpc) is 3.22. The van der Waals surface area contributed by atoms with Crippen LogP contribution < -0.4 is 10.1 Å². The summed E-state index contributed by atoms with van der Waals surface area (Å²) in [6, 6.07) is 19.8. The molecule has 0 aliphatic carbocycles. The Morgan fingerprint density at radius 2 is 1.97 bits per heavy atom. The molecule has 0 saturated heterocycles. The van der Waals surface area contributed by atoms with E-state index in [0.29, 0.717) is 34.5 Å². The minimum Gasteiger partial charge on any atom is -0.489 e. The van der Waals surface area contributed by atoms with Crippen LogP contribution in [0, 0.1) is 0 Å². The van der Waals surface area contributed by atoms with Crippen LogP contribution in [-0.2, 0) is 6.61 Å². The number of ether oxygens (including phenoxy) is 1. The first-order valence-electron chi connectivity index (χ1n) is 8.80. The summed E-state index contributed by atoms with van der Waals surface area (Å²) < 4.78 is 5.77. The van der Waals surface area contributed by atoms with Crippen molar-refractivity contribution in [3.05, 3.63) is 89.1 Å². The summed E-state index contributed by atoms with van der Waals surface area (Å²) in [6.45, 7) is 0.347. The van der Waals surface area contributed by atoms with Crippen molar-refractivity contribution in [2.75, 3.05) is 5.32 Å². The van der Waals surface area contributed by atoms with Gasteiger partial charge < -0.3 is 4.74 Å². The molecule has 2 heterocycles. The van der Waals surface area contributed by atoms with Gasteiger partial charge in [-0.25, -0.2) is 0 Å². The van der Waals surface area contributed by atoms with Crippen LogP contribution in [0.1, 0.15) is 15.9 Å². The van der Waals surface area contributed by atoms with Gasteiger partial charge >= 0.3 is 0 Å². The molecule has 0 bridgehead atoms. The molecule has 4 rings (SSSR count). The molecular weight excluding hydrogens is 390 g/mol. The van der Waals surface area contributed by atoms with Crippen molar-refractivity contribution in [1.82, 2.24) is 20.2 Å². The summed E-state index contributed by atoms with van der Waals surface area (Å²) in [4.78, 5) is 21.0. The number of aromatic nitrogens is 4. The molecule has 7 nitrogen and oxygen atoms in total. The van der Waals surface area contributed by atoms with Gasteiger partial charge in [-0.2, -0.15) is 4.98 Å². The van der Waals surface area contributed by atoms with Crippen LogP contribution in [0.3, 0.4) is 0 Å². The van der Waals surface area contributed by atoms with Crippen LogP contribution in [0.5, 0.6) is 5.75 Å². The Labute approximate surface area is 171 Å². The maximum Gasteiger partial charge on any atom is 0.258 e. The molecule has 0 atom stereocenters. The van der Waals surface area contributed by atoms with E-state index >= 15 is 0 Å². The largest absolute Gasteiger partial charge is 0.489 e. The third-order valence-corrected chi connectivity index (χ3v) is 4.24. The molecule has 0 aliphatic rings. The zero-order valence-electron chi connectivity index (χ0n) is 15.2. The third-order valence-electron chi connectivity index (χ3n) is 4.01. The zero-order chi connectivity index (χ0) is 20.1. The lowest BCUT2D eigenvalue weighted by Crippen LogP contribution is -2.13. The van der Waals surface area contributed by atoms with Gasteiger partial charge in [0.25, 0.3) is 5.91 Å². The first-order valence-corrected chi connectivity index (χ1v) is 9.18. The second-order valence-electron chi connectivity index (χ2n) is 6.12. The maximum absolute atomic E-state index is 12.5. The van der Waals surface area contributed by atoms with Gasteiger partial charge in [-0.3, -0.25) is 20.2 Å². The molecule has 2 aromatic carbocycles. The fourth-order valence-electron chi connectivity index (χ4n) is 2.63. The minimum atomic E-state index is -0.343. The Morgan fingerprint density at radius 1 is 1.07 bits per heavy atom. The molecule has 2 N–H and O–H groups in total. The number of hydrogen-bond acceptors (Lipinski definition) is 5. The van der Waals surface area contributed by atoms with E-state index in [9.17, 15) is 4.79 Å². The van der Waals surface area contributed by atoms with Gasteiger partial charge in [0.2, 0.25) is 5.95 Å². The summed E-state index contributed by atoms with van der Waals surface area (Å²) in [7, 11) is 0. The molecule has 0 unspecified atom stereocenters. The monoisotopic (exact) mass is 405 g/mol. The van der Waals surface area contributed by atoms with Gasteiger partial charge in [-0.15, -0.1) is 5.10 Å². The highest BCUT2D eigenvalue weighted by atomic mass is 35.5. The summed E-state index contributed by atoms with van der Waals surface area (Å²) >= 11 is 5.98. The van der Waals surface area contributed by atoms with E-state index in [1.165, 1.54) is 0 Å². The number of H-pyrrole nitrogens is 1. The number of halogens is 1. The molecule has 0 fully saturated rings. The van der Waals surface area contributed by atoms with Gasteiger partial charge in [-0.1, -0.05) is 35.9 Å². The Kier molecular flexibility index (Phi) is 5.49. The predicted octanol–water partition coefficient (Wildman–Crippen LogP) is 4.35. The molecule has 29 heavy (non-hydrogen) atoms. The van der Waals surface area contributed by atoms with Crippen molar-refractivity contribution in [1.29, 1.82) is 0 Å². The van der Waals surface area contributed by atoms with Gasteiger partial charge in [-0.05, 0) is 48.0 Å². The molecule has 1 amide bonds. The van der Waals surface area contributed by atoms with Crippen molar-refractivity contribution in [3.63, 3.8) is 0 Å². The molecule has 0 aliphatic heterocycles. The summed E-state index contributed by atoms with van der Waals surface area (Å²) in [5, 5.41) is 10.1. The van der Waals surface area contributed by atoms with E-state index in [1.807, 2.05) is 30.3 Å². The first-order chi connectivity index (χ1) is 14.2. The second-order valence-corrected chi connectivity index (χ2v) is 6.56. The highest BCUT2D eigenvalue weighted by Gasteiger charge is 2.12. The zero-order valence-corrected chi connectivity index (χ0v) is 15.9. The van der Waals surface area contributed by atoms with E-state index in [4.69, 9.17) is 16.3 Å². The first kappa shape index (κ1) is 18.6. The number of hydrogen-bond donors (Lipinski definition) is 2. The Bertz CT molecular complexity index is 1130. The number of carbonyl (C=O) groups is 1. The van der Waals surface area contributed by atoms with E-state index in [0.717, 1.165) is 5.56 Å². The molecule has 0 radical (unpaired) electrons. The minimum absolute atomic E-state index is 0.168. The Balaban J connectivity index is 1.41. The molecule has 0 saturated carbocycles. The van der Waals surface area contributed by atoms with Gasteiger partial charge in [0.05, 0.1) is 0 Å². The third kappa shape index (κ3) is 4.77. The van der Waals surface area contributed by atoms with E-state index in [2.05, 4.69) is 25.5 Å². The Morgan fingerprint density at radius 3 is 2.79 bits per heavy atom. The van der Waals surface area contributed by atoms with Crippen molar-refractivity contribution >= 4 is 23.5 Å². The van der Waals surface area contributed by atoms with Crippen molar-refractivity contribution in [2.45, 2.75) is 6.61 Å². The lowest BCUT2D eigenvalue weighted by Gasteiger charge is -2.08. The number of nitrogens with one attached hydrogen (secondary N) is 2. The standard InChI is InChI=1S/C21H16ClN5O2/c22-16-7-3-5-14(11-16)13-29-17-8-4-6-15(12-17)20(28)25-21-24-19(26-27-21)18-9-1-2-10-23-18/h1-12H,13H2,(H2,24,25,26,27,28). The summed E-state index contributed by atoms with van der Waals surface area (Å²) in [5.41, 5.74) is 2.00. The number of benzene rings is 2. The summed E-state index contributed by atoms with van der Waals surface area (Å²) in [6.07, 6.45) is 1.66. The molecule has 8 heteroatoms. The lowest BCUT2D eigenvalue weighted by atomic mass is 10.2. The number of pyridine rings is 1. The van der Waals surface area contributed by atoms with Crippen LogP contribution in [0.4, 0.5) is 5.95 Å². The van der Waals surface area contributed by atoms with Crippen LogP contribution in [0.25, 0.3) is 11.5 Å². The number of anilines is 1. The van der Waals surface area contributed by atoms with Crippen molar-refractivity contribution in [3.8, 4) is 17.3 Å². The number of nitrogens with zero attached hydrogens (tertiary/aromatic N) is 3. The van der Waals surface area contributed by atoms with E-state index < -0.39 is 0 Å². The second kappa shape index (κ2) is 8.53. The van der Waals surface area contributed by atoms with Crippen LogP contribution in [0.15, 0.2) is 72.9 Å². The van der Waals surface area contributed by atoms with Gasteiger partial charge in [0.1, 0.15) is 18.1 Å². The van der Waals surface area contributed by atoms with Crippen LogP contribution >= 0.6 is 11.6 Å². The lowest BCUT2D eigenvalue weighted by molar-refractivity contribution is 0.102. The maximum atomic E-state index is 12.5. The fourth-order valence-corrected chi connectivity index (χ4v) is 2.84. The van der Waals surface area contributed by atoms with E-state index in [-0.39, 0.29) is 11.9 Å². The van der Waals surface area contributed by atoms with Crippen LogP contribution in [-0.4, -0.2) is 26.1 Å². The fraction of sp³-hybridized carbons (Fsp3) is 0.0476. The number of amides is 1. The van der Waals surface area contributed by atoms with Gasteiger partial charge in [0, 0.05) is 16.8 Å². The van der Waals surface area contributed by atoms with E-state index in [1.54, 1.807) is 42.6 Å². The predicted molar refractivity (Wildman–Crippen MR) is 110 cm³/mol. The SMILES string of the molecule is O=C(Nc1n[nH]c(-c2ccccn2)n1)c1cccc(OCc2cccc(Cl)c2)c1. The molecule has 0 spiro atoms. The molecule has 2 aromatic heterocycles. The smallest absolute Gasteiger partial charge is 0.258 e. The van der Waals surface area contributed by atoms with Crippen molar-refractivity contribution in [2.24, 2.45) is 0 Å². The van der Waals surface area contributed by atoms with Crippen LogP contribution in [0.2, 0.25) is 5.02 Å². The normalized spacial score (nSPS) is 10.5.